The molecule has 2 rings (SSSR count). The molecule has 0 aromatic carbocycles. The number of carbonyl (C=O) groups excluding carboxylic acids is 1. The number of halogens is 2. The Kier molecular flexibility index (Phi) is 14.7. The predicted molar refractivity (Wildman–Crippen MR) is 120 cm³/mol. The number of alkyl carbamates (subject to hydrolysis) is 1. The van der Waals surface area contributed by atoms with Gasteiger partial charge >= 0.3 is 6.09 Å². The summed E-state index contributed by atoms with van der Waals surface area (Å²) in [5, 5.41) is 3.07. The van der Waals surface area contributed by atoms with E-state index in [2.05, 4.69) is 65.9 Å². The summed E-state index contributed by atoms with van der Waals surface area (Å²) in [6.07, 6.45) is 14.5. The summed E-state index contributed by atoms with van der Waals surface area (Å²) in [5.74, 6) is 0. The van der Waals surface area contributed by atoms with Crippen LogP contribution in [0.25, 0.3) is 11.1 Å². The number of unbranched alkanes of at least 4 members (excludes halogenated alkanes) is 2. The third kappa shape index (κ3) is 12.0. The van der Waals surface area contributed by atoms with Crippen LogP contribution < -0.4 is 48.4 Å². The lowest BCUT2D eigenvalue weighted by molar-refractivity contribution is -0.697. The average Bonchev–Trinajstić information content (AvgIpc) is 2.69. The Balaban J connectivity index is 0.00000480. The number of rotatable bonds is 10. The van der Waals surface area contributed by atoms with Gasteiger partial charge in [0, 0.05) is 36.7 Å². The molecular formula is C25H39Br2N3O2. The largest absolute Gasteiger partial charge is 1.00 e. The van der Waals surface area contributed by atoms with Gasteiger partial charge in [-0.2, -0.15) is 0 Å². The van der Waals surface area contributed by atoms with Crippen LogP contribution in [0.1, 0.15) is 66.2 Å². The zero-order chi connectivity index (χ0) is 22.0. The number of hydrogen-bond acceptors (Lipinski definition) is 2. The maximum atomic E-state index is 12.1. The van der Waals surface area contributed by atoms with Crippen LogP contribution >= 0.6 is 0 Å². The Labute approximate surface area is 215 Å². The first-order valence-electron chi connectivity index (χ1n) is 11.2. The Bertz CT molecular complexity index is 775. The van der Waals surface area contributed by atoms with Gasteiger partial charge in [0.1, 0.15) is 19.2 Å². The standard InChI is InChI=1S/C25H38N3O2.2BrH/c1-6-7-10-23(26-24(29)30-25(2,3)4)11-8-9-16-28-19-14-22(15-20-28)21-12-17-27(5)18-13-21;;/h12-15,17-20,23H,6-11,16H2,1-5H3;2*1H/q+1;;/p-1. The number of ether oxygens (including phenoxy) is 1. The van der Waals surface area contributed by atoms with Crippen molar-refractivity contribution in [1.29, 1.82) is 0 Å². The van der Waals surface area contributed by atoms with Gasteiger partial charge in [-0.15, -0.1) is 0 Å². The van der Waals surface area contributed by atoms with Gasteiger partial charge in [-0.25, -0.2) is 13.9 Å². The second-order valence-corrected chi connectivity index (χ2v) is 9.06. The highest BCUT2D eigenvalue weighted by Crippen LogP contribution is 2.16. The van der Waals surface area contributed by atoms with Gasteiger partial charge in [-0.1, -0.05) is 19.8 Å². The van der Waals surface area contributed by atoms with Crippen LogP contribution in [0.15, 0.2) is 49.1 Å². The number of nitrogens with one attached hydrogen (secondary N) is 1. The number of aryl methyl sites for hydroxylation is 2. The van der Waals surface area contributed by atoms with Gasteiger partial charge in [0.2, 0.25) is 0 Å². The summed E-state index contributed by atoms with van der Waals surface area (Å²) in [4.78, 5) is 12.1. The Morgan fingerprint density at radius 2 is 1.47 bits per heavy atom. The molecule has 2 heterocycles. The van der Waals surface area contributed by atoms with Crippen molar-refractivity contribution in [2.75, 3.05) is 0 Å². The van der Waals surface area contributed by atoms with Crippen molar-refractivity contribution in [1.82, 2.24) is 5.32 Å². The van der Waals surface area contributed by atoms with E-state index in [0.717, 1.165) is 45.1 Å². The fourth-order valence-corrected chi connectivity index (χ4v) is 3.39. The molecule has 0 bridgehead atoms. The molecule has 180 valence electrons. The van der Waals surface area contributed by atoms with E-state index in [1.807, 2.05) is 32.4 Å². The Hall–Kier alpha value is -1.47. The molecule has 0 saturated carbocycles. The van der Waals surface area contributed by atoms with Crippen LogP contribution in [0.4, 0.5) is 4.79 Å². The molecular weight excluding hydrogens is 534 g/mol. The minimum Gasteiger partial charge on any atom is -1.00 e. The quantitative estimate of drug-likeness (QED) is 0.285. The highest BCUT2D eigenvalue weighted by Gasteiger charge is 2.19. The number of hydrogen-bond donors (Lipinski definition) is 1. The summed E-state index contributed by atoms with van der Waals surface area (Å²) in [5.41, 5.74) is 2.00. The zero-order valence-electron chi connectivity index (χ0n) is 20.1. The fourth-order valence-electron chi connectivity index (χ4n) is 3.39. The molecule has 0 aliphatic carbocycles. The molecule has 1 amide bonds. The zero-order valence-corrected chi connectivity index (χ0v) is 23.3. The van der Waals surface area contributed by atoms with Gasteiger partial charge in [0.15, 0.2) is 24.8 Å². The maximum absolute atomic E-state index is 12.1. The minimum atomic E-state index is -0.459. The molecule has 1 unspecified atom stereocenters. The minimum absolute atomic E-state index is 0. The lowest BCUT2D eigenvalue weighted by Crippen LogP contribution is -3.00. The third-order valence-corrected chi connectivity index (χ3v) is 5.05. The van der Waals surface area contributed by atoms with Crippen molar-refractivity contribution in [3.63, 3.8) is 0 Å². The molecule has 0 fully saturated rings. The second kappa shape index (κ2) is 15.4. The van der Waals surface area contributed by atoms with Crippen molar-refractivity contribution in [2.24, 2.45) is 7.05 Å². The molecule has 1 N–H and O–H groups in total. The smallest absolute Gasteiger partial charge is 0.407 e. The molecule has 0 saturated heterocycles. The molecule has 1 atom stereocenters. The van der Waals surface area contributed by atoms with Crippen molar-refractivity contribution in [2.45, 2.75) is 84.4 Å². The van der Waals surface area contributed by atoms with Crippen molar-refractivity contribution in [3.05, 3.63) is 49.1 Å². The number of aromatic nitrogens is 2. The van der Waals surface area contributed by atoms with Crippen LogP contribution in [0.2, 0.25) is 0 Å². The molecule has 5 nitrogen and oxygen atoms in total. The van der Waals surface area contributed by atoms with Gasteiger partial charge < -0.3 is 44.0 Å². The van der Waals surface area contributed by atoms with E-state index in [1.165, 1.54) is 11.1 Å². The molecule has 0 radical (unpaired) electrons. The molecule has 0 aliphatic rings. The van der Waals surface area contributed by atoms with Gasteiger partial charge in [-0.05, 0) is 51.2 Å². The van der Waals surface area contributed by atoms with Crippen LogP contribution in [-0.4, -0.2) is 17.7 Å². The van der Waals surface area contributed by atoms with E-state index in [9.17, 15) is 4.79 Å². The Morgan fingerprint density at radius 3 is 2.00 bits per heavy atom. The third-order valence-electron chi connectivity index (χ3n) is 5.05. The van der Waals surface area contributed by atoms with Crippen LogP contribution in [0.5, 0.6) is 0 Å². The monoisotopic (exact) mass is 571 g/mol. The first-order valence-corrected chi connectivity index (χ1v) is 11.2. The van der Waals surface area contributed by atoms with E-state index in [1.54, 1.807) is 0 Å². The van der Waals surface area contributed by atoms with E-state index in [-0.39, 0.29) is 46.1 Å². The molecule has 0 aliphatic heterocycles. The predicted octanol–water partition coefficient (Wildman–Crippen LogP) is -1.27. The highest BCUT2D eigenvalue weighted by molar-refractivity contribution is 5.68. The normalized spacial score (nSPS) is 11.7. The van der Waals surface area contributed by atoms with Crippen LogP contribution in [0.3, 0.4) is 0 Å². The van der Waals surface area contributed by atoms with Gasteiger partial charge in [0.05, 0.1) is 0 Å². The number of pyridine rings is 2. The number of amides is 1. The molecule has 7 heteroatoms. The van der Waals surface area contributed by atoms with Crippen LogP contribution in [-0.2, 0) is 18.3 Å². The summed E-state index contributed by atoms with van der Waals surface area (Å²) < 4.78 is 9.69. The SMILES string of the molecule is CCCCC(CCCC[n+]1ccc(-c2cc[n+](C)cc2)cc1)NC(=O)OC(C)(C)C.[Br-].[Br-]. The molecule has 2 aromatic rings. The summed E-state index contributed by atoms with van der Waals surface area (Å²) >= 11 is 0. The first kappa shape index (κ1) is 30.5. The van der Waals surface area contributed by atoms with E-state index >= 15 is 0 Å². The lowest BCUT2D eigenvalue weighted by Gasteiger charge is -2.23. The van der Waals surface area contributed by atoms with E-state index in [0.29, 0.717) is 0 Å². The summed E-state index contributed by atoms with van der Waals surface area (Å²) in [6, 6.07) is 8.79. The summed E-state index contributed by atoms with van der Waals surface area (Å²) in [7, 11) is 2.03. The van der Waals surface area contributed by atoms with Gasteiger partial charge in [0.25, 0.3) is 0 Å². The highest BCUT2D eigenvalue weighted by atomic mass is 79.9. The van der Waals surface area contributed by atoms with E-state index < -0.39 is 5.60 Å². The van der Waals surface area contributed by atoms with Crippen molar-refractivity contribution in [3.8, 4) is 11.1 Å². The fraction of sp³-hybridized carbons (Fsp3) is 0.560. The number of carbonyl (C=O) groups is 1. The molecule has 32 heavy (non-hydrogen) atoms. The van der Waals surface area contributed by atoms with Crippen molar-refractivity contribution < 1.29 is 52.6 Å². The number of nitrogens with zero attached hydrogens (tertiary/aromatic N) is 2. The average molecular weight is 573 g/mol. The molecule has 2 aromatic heterocycles. The first-order chi connectivity index (χ1) is 14.3. The lowest BCUT2D eigenvalue weighted by atomic mass is 10.0. The summed E-state index contributed by atoms with van der Waals surface area (Å²) in [6.45, 7) is 8.85. The topological polar surface area (TPSA) is 46.1 Å². The molecule has 0 spiro atoms. The Morgan fingerprint density at radius 1 is 0.938 bits per heavy atom. The van der Waals surface area contributed by atoms with E-state index in [4.69, 9.17) is 4.74 Å². The van der Waals surface area contributed by atoms with Crippen LogP contribution in [0, 0.1) is 0 Å². The second-order valence-electron chi connectivity index (χ2n) is 9.06. The van der Waals surface area contributed by atoms with Crippen molar-refractivity contribution >= 4 is 6.09 Å². The van der Waals surface area contributed by atoms with Gasteiger partial charge in [-0.3, -0.25) is 0 Å². The maximum Gasteiger partial charge on any atom is 0.407 e.